The zero-order valence-corrected chi connectivity index (χ0v) is 13.2. The van der Waals surface area contributed by atoms with Crippen molar-refractivity contribution in [2.45, 2.75) is 71.1 Å². The average molecular weight is 268 g/mol. The van der Waals surface area contributed by atoms with Gasteiger partial charge in [0.25, 0.3) is 0 Å². The van der Waals surface area contributed by atoms with Gasteiger partial charge in [0.05, 0.1) is 12.2 Å². The first-order valence-corrected chi connectivity index (χ1v) is 8.13. The second kappa shape index (κ2) is 6.55. The van der Waals surface area contributed by atoms with Crippen molar-refractivity contribution in [3.63, 3.8) is 0 Å². The van der Waals surface area contributed by atoms with E-state index in [1.54, 1.807) is 0 Å². The lowest BCUT2D eigenvalue weighted by Gasteiger charge is -2.47. The third kappa shape index (κ3) is 4.17. The van der Waals surface area contributed by atoms with Gasteiger partial charge < -0.3 is 10.1 Å². The van der Waals surface area contributed by atoms with Gasteiger partial charge in [-0.1, -0.05) is 13.8 Å². The summed E-state index contributed by atoms with van der Waals surface area (Å²) in [6.45, 7) is 13.3. The highest BCUT2D eigenvalue weighted by atomic mass is 16.5. The van der Waals surface area contributed by atoms with Crippen LogP contribution in [0.5, 0.6) is 0 Å². The van der Waals surface area contributed by atoms with E-state index in [0.29, 0.717) is 12.1 Å². The van der Waals surface area contributed by atoms with E-state index in [2.05, 4.69) is 37.9 Å². The molecule has 19 heavy (non-hydrogen) atoms. The molecule has 2 rings (SSSR count). The van der Waals surface area contributed by atoms with E-state index < -0.39 is 0 Å². The largest absolute Gasteiger partial charge is 0.373 e. The Hall–Kier alpha value is -0.120. The minimum atomic E-state index is 0.0221. The van der Waals surface area contributed by atoms with Crippen molar-refractivity contribution in [3.05, 3.63) is 0 Å². The van der Waals surface area contributed by atoms with Gasteiger partial charge in [-0.25, -0.2) is 0 Å². The van der Waals surface area contributed by atoms with Crippen LogP contribution in [0.25, 0.3) is 0 Å². The monoisotopic (exact) mass is 268 g/mol. The number of nitrogens with zero attached hydrogens (tertiary/aromatic N) is 1. The minimum absolute atomic E-state index is 0.0221. The van der Waals surface area contributed by atoms with Gasteiger partial charge in [-0.05, 0) is 52.0 Å². The summed E-state index contributed by atoms with van der Waals surface area (Å²) in [5.74, 6) is 0.871. The minimum Gasteiger partial charge on any atom is -0.373 e. The Kier molecular flexibility index (Phi) is 5.27. The third-order valence-electron chi connectivity index (χ3n) is 4.66. The smallest absolute Gasteiger partial charge is 0.0753 e. The topological polar surface area (TPSA) is 24.5 Å². The van der Waals surface area contributed by atoms with E-state index in [4.69, 9.17) is 4.74 Å². The molecule has 0 spiro atoms. The maximum atomic E-state index is 5.87. The first-order chi connectivity index (χ1) is 9.02. The molecule has 2 aliphatic rings. The van der Waals surface area contributed by atoms with Gasteiger partial charge in [-0.3, -0.25) is 4.90 Å². The predicted octanol–water partition coefficient (Wildman–Crippen LogP) is 2.65. The standard InChI is InChI=1S/C16H32N2O/c1-5-8-17-14-7-6-13(2)11-15(14)18-9-10-19-16(3,4)12-18/h13-15,17H,5-12H2,1-4H3. The van der Waals surface area contributed by atoms with Crippen molar-refractivity contribution < 1.29 is 4.74 Å². The second-order valence-electron chi connectivity index (χ2n) is 7.12. The van der Waals surface area contributed by atoms with Crippen LogP contribution in [0.1, 0.15) is 53.4 Å². The van der Waals surface area contributed by atoms with Crippen molar-refractivity contribution in [2.24, 2.45) is 5.92 Å². The second-order valence-corrected chi connectivity index (χ2v) is 7.12. The fraction of sp³-hybridized carbons (Fsp3) is 1.00. The van der Waals surface area contributed by atoms with Crippen molar-refractivity contribution in [2.75, 3.05) is 26.2 Å². The van der Waals surface area contributed by atoms with Crippen LogP contribution in [0.4, 0.5) is 0 Å². The van der Waals surface area contributed by atoms with Gasteiger partial charge in [-0.2, -0.15) is 0 Å². The van der Waals surface area contributed by atoms with Crippen LogP contribution in [-0.4, -0.2) is 48.8 Å². The molecule has 3 heteroatoms. The van der Waals surface area contributed by atoms with Crippen molar-refractivity contribution in [3.8, 4) is 0 Å². The Bertz CT molecular complexity index is 278. The SMILES string of the molecule is CCCNC1CCC(C)CC1N1CCOC(C)(C)C1. The quantitative estimate of drug-likeness (QED) is 0.848. The molecule has 0 radical (unpaired) electrons. The van der Waals surface area contributed by atoms with Crippen LogP contribution in [-0.2, 0) is 4.74 Å². The molecule has 3 unspecified atom stereocenters. The summed E-state index contributed by atoms with van der Waals surface area (Å²) in [4.78, 5) is 2.69. The highest BCUT2D eigenvalue weighted by Gasteiger charge is 2.37. The number of rotatable bonds is 4. The molecular formula is C16H32N2O. The number of ether oxygens (including phenoxy) is 1. The molecule has 1 heterocycles. The zero-order valence-electron chi connectivity index (χ0n) is 13.2. The maximum absolute atomic E-state index is 5.87. The first-order valence-electron chi connectivity index (χ1n) is 8.13. The fourth-order valence-electron chi connectivity index (χ4n) is 3.66. The van der Waals surface area contributed by atoms with E-state index >= 15 is 0 Å². The number of nitrogens with one attached hydrogen (secondary N) is 1. The summed E-state index contributed by atoms with van der Waals surface area (Å²) in [7, 11) is 0. The highest BCUT2D eigenvalue weighted by Crippen LogP contribution is 2.30. The fourth-order valence-corrected chi connectivity index (χ4v) is 3.66. The number of morpholine rings is 1. The molecule has 1 aliphatic carbocycles. The Balaban J connectivity index is 1.99. The van der Waals surface area contributed by atoms with Gasteiger partial charge in [0, 0.05) is 25.2 Å². The molecule has 3 atom stereocenters. The lowest BCUT2D eigenvalue weighted by atomic mass is 9.81. The van der Waals surface area contributed by atoms with Crippen LogP contribution in [0, 0.1) is 5.92 Å². The summed E-state index contributed by atoms with van der Waals surface area (Å²) in [5, 5.41) is 3.78. The van der Waals surface area contributed by atoms with E-state index in [1.807, 2.05) is 0 Å². The Labute approximate surface area is 119 Å². The van der Waals surface area contributed by atoms with Crippen molar-refractivity contribution >= 4 is 0 Å². The summed E-state index contributed by atoms with van der Waals surface area (Å²) in [6, 6.07) is 1.39. The molecule has 2 fully saturated rings. The molecular weight excluding hydrogens is 236 g/mol. The van der Waals surface area contributed by atoms with E-state index in [0.717, 1.165) is 32.2 Å². The van der Waals surface area contributed by atoms with Gasteiger partial charge in [0.2, 0.25) is 0 Å². The van der Waals surface area contributed by atoms with Gasteiger partial charge in [0.15, 0.2) is 0 Å². The van der Waals surface area contributed by atoms with Crippen LogP contribution in [0.3, 0.4) is 0 Å². The molecule has 1 aliphatic heterocycles. The van der Waals surface area contributed by atoms with Crippen LogP contribution in [0.2, 0.25) is 0 Å². The molecule has 1 saturated carbocycles. The normalized spacial score (nSPS) is 36.3. The van der Waals surface area contributed by atoms with Gasteiger partial charge in [-0.15, -0.1) is 0 Å². The third-order valence-corrected chi connectivity index (χ3v) is 4.66. The highest BCUT2D eigenvalue weighted by molar-refractivity contribution is 4.93. The Morgan fingerprint density at radius 3 is 2.79 bits per heavy atom. The summed E-state index contributed by atoms with van der Waals surface area (Å²) >= 11 is 0. The molecule has 0 bridgehead atoms. The summed E-state index contributed by atoms with van der Waals surface area (Å²) in [6.07, 6.45) is 5.29. The average Bonchev–Trinajstić information content (AvgIpc) is 2.36. The summed E-state index contributed by atoms with van der Waals surface area (Å²) < 4.78 is 5.87. The molecule has 0 aromatic heterocycles. The van der Waals surface area contributed by atoms with Crippen molar-refractivity contribution in [1.82, 2.24) is 10.2 Å². The van der Waals surface area contributed by atoms with Crippen molar-refractivity contribution in [1.29, 1.82) is 0 Å². The molecule has 3 nitrogen and oxygen atoms in total. The molecule has 0 amide bonds. The summed E-state index contributed by atoms with van der Waals surface area (Å²) in [5.41, 5.74) is 0.0221. The van der Waals surface area contributed by atoms with Gasteiger partial charge in [0.1, 0.15) is 0 Å². The number of hydrogen-bond donors (Lipinski definition) is 1. The molecule has 112 valence electrons. The van der Waals surface area contributed by atoms with E-state index in [9.17, 15) is 0 Å². The predicted molar refractivity (Wildman–Crippen MR) is 80.5 cm³/mol. The Morgan fingerprint density at radius 1 is 1.32 bits per heavy atom. The van der Waals surface area contributed by atoms with Crippen LogP contribution >= 0.6 is 0 Å². The zero-order chi connectivity index (χ0) is 13.9. The lowest BCUT2D eigenvalue weighted by Crippen LogP contribution is -2.59. The van der Waals surface area contributed by atoms with Crippen LogP contribution < -0.4 is 5.32 Å². The lowest BCUT2D eigenvalue weighted by molar-refractivity contribution is -0.105. The molecule has 0 aromatic carbocycles. The molecule has 1 N–H and O–H groups in total. The number of hydrogen-bond acceptors (Lipinski definition) is 3. The van der Waals surface area contributed by atoms with Crippen LogP contribution in [0.15, 0.2) is 0 Å². The van der Waals surface area contributed by atoms with E-state index in [-0.39, 0.29) is 5.60 Å². The molecule has 0 aromatic rings. The molecule has 1 saturated heterocycles. The maximum Gasteiger partial charge on any atom is 0.0753 e. The van der Waals surface area contributed by atoms with E-state index in [1.165, 1.54) is 25.7 Å². The Morgan fingerprint density at radius 2 is 2.11 bits per heavy atom. The first kappa shape index (κ1) is 15.3. The van der Waals surface area contributed by atoms with Gasteiger partial charge >= 0.3 is 0 Å².